The molecule has 4 unspecified atom stereocenters. The smallest absolute Gasteiger partial charge is 0.252 e. The normalized spacial score (nSPS) is 20.6. The molecule has 4 atom stereocenters. The fourth-order valence-corrected chi connectivity index (χ4v) is 4.62. The predicted octanol–water partition coefficient (Wildman–Crippen LogP) is 3.06. The molecule has 162 valence electrons. The van der Waals surface area contributed by atoms with Crippen LogP contribution in [-0.4, -0.2) is 42.3 Å². The van der Waals surface area contributed by atoms with Crippen molar-refractivity contribution in [3.8, 4) is 5.75 Å². The first kappa shape index (κ1) is 22.1. The Hall–Kier alpha value is -2.57. The SMILES string of the molecule is CC(NCC(O)c1ccc(O)c(C(N)=O)c1)C1CCCC1CN(C)c1ccccc1. The molecule has 6 heteroatoms. The third-order valence-corrected chi connectivity index (χ3v) is 6.37. The Kier molecular flexibility index (Phi) is 7.34. The lowest BCUT2D eigenvalue weighted by molar-refractivity contribution is 0.0997. The van der Waals surface area contributed by atoms with Gasteiger partial charge >= 0.3 is 0 Å². The molecule has 0 saturated heterocycles. The number of para-hydroxylation sites is 1. The molecule has 1 amide bonds. The Morgan fingerprint density at radius 2 is 1.97 bits per heavy atom. The summed E-state index contributed by atoms with van der Waals surface area (Å²) in [6, 6.07) is 15.2. The molecule has 0 aliphatic heterocycles. The van der Waals surface area contributed by atoms with E-state index in [1.807, 2.05) is 6.07 Å². The van der Waals surface area contributed by atoms with Crippen LogP contribution in [0.3, 0.4) is 0 Å². The van der Waals surface area contributed by atoms with Crippen LogP contribution < -0.4 is 16.0 Å². The van der Waals surface area contributed by atoms with Crippen LogP contribution >= 0.6 is 0 Å². The van der Waals surface area contributed by atoms with Crippen molar-refractivity contribution < 1.29 is 15.0 Å². The number of benzene rings is 2. The average molecular weight is 412 g/mol. The molecule has 0 aromatic heterocycles. The second-order valence-corrected chi connectivity index (χ2v) is 8.42. The van der Waals surface area contributed by atoms with Gasteiger partial charge in [-0.1, -0.05) is 30.7 Å². The van der Waals surface area contributed by atoms with Crippen molar-refractivity contribution in [2.75, 3.05) is 25.0 Å². The number of aliphatic hydroxyl groups is 1. The minimum Gasteiger partial charge on any atom is -0.507 e. The number of carbonyl (C=O) groups is 1. The van der Waals surface area contributed by atoms with E-state index in [0.29, 0.717) is 23.9 Å². The van der Waals surface area contributed by atoms with E-state index in [0.717, 1.165) is 6.54 Å². The van der Waals surface area contributed by atoms with Gasteiger partial charge in [0.25, 0.3) is 5.91 Å². The third kappa shape index (κ3) is 5.32. The third-order valence-electron chi connectivity index (χ3n) is 6.37. The number of nitrogens with two attached hydrogens (primary N) is 1. The van der Waals surface area contributed by atoms with Crippen LogP contribution in [-0.2, 0) is 0 Å². The molecule has 6 nitrogen and oxygen atoms in total. The summed E-state index contributed by atoms with van der Waals surface area (Å²) in [6.07, 6.45) is 2.85. The second-order valence-electron chi connectivity index (χ2n) is 8.42. The molecule has 1 saturated carbocycles. The summed E-state index contributed by atoms with van der Waals surface area (Å²) in [6.45, 7) is 3.58. The van der Waals surface area contributed by atoms with Gasteiger partial charge in [-0.05, 0) is 61.4 Å². The minimum absolute atomic E-state index is 0.0272. The Balaban J connectivity index is 1.56. The van der Waals surface area contributed by atoms with E-state index in [9.17, 15) is 15.0 Å². The van der Waals surface area contributed by atoms with Gasteiger partial charge in [0.05, 0.1) is 11.7 Å². The molecule has 1 aliphatic carbocycles. The van der Waals surface area contributed by atoms with E-state index in [-0.39, 0.29) is 17.4 Å². The number of primary amides is 1. The number of phenols is 1. The zero-order chi connectivity index (χ0) is 21.7. The molecule has 2 aromatic rings. The van der Waals surface area contributed by atoms with Gasteiger partial charge in [0.2, 0.25) is 0 Å². The predicted molar refractivity (Wildman–Crippen MR) is 120 cm³/mol. The summed E-state index contributed by atoms with van der Waals surface area (Å²) in [5.74, 6) is 0.268. The first-order valence-electron chi connectivity index (χ1n) is 10.7. The standard InChI is InChI=1S/C24H33N3O3/c1-16(26-14-23(29)17-11-12-22(28)21(13-17)24(25)30)20-10-6-7-18(20)15-27(2)19-8-4-3-5-9-19/h3-5,8-9,11-13,16,18,20,23,26,28-29H,6-7,10,14-15H2,1-2H3,(H2,25,30). The van der Waals surface area contributed by atoms with E-state index >= 15 is 0 Å². The molecule has 3 rings (SSSR count). The maximum absolute atomic E-state index is 11.4. The van der Waals surface area contributed by atoms with E-state index in [1.165, 1.54) is 37.1 Å². The van der Waals surface area contributed by atoms with Gasteiger partial charge in [-0.3, -0.25) is 4.79 Å². The van der Waals surface area contributed by atoms with Crippen LogP contribution in [0.4, 0.5) is 5.69 Å². The molecular weight excluding hydrogens is 378 g/mol. The van der Waals surface area contributed by atoms with Gasteiger partial charge in [-0.2, -0.15) is 0 Å². The lowest BCUT2D eigenvalue weighted by Crippen LogP contribution is -2.40. The largest absolute Gasteiger partial charge is 0.507 e. The zero-order valence-corrected chi connectivity index (χ0v) is 17.8. The molecule has 2 aromatic carbocycles. The van der Waals surface area contributed by atoms with E-state index in [1.54, 1.807) is 6.07 Å². The van der Waals surface area contributed by atoms with Crippen molar-refractivity contribution in [3.63, 3.8) is 0 Å². The highest BCUT2D eigenvalue weighted by atomic mass is 16.3. The average Bonchev–Trinajstić information content (AvgIpc) is 3.20. The van der Waals surface area contributed by atoms with Crippen LogP contribution in [0.5, 0.6) is 5.75 Å². The topological polar surface area (TPSA) is 98.8 Å². The number of amides is 1. The number of carbonyl (C=O) groups excluding carboxylic acids is 1. The number of hydrogen-bond donors (Lipinski definition) is 4. The van der Waals surface area contributed by atoms with Gasteiger partial charge < -0.3 is 26.2 Å². The van der Waals surface area contributed by atoms with Crippen LogP contribution in [0.1, 0.15) is 48.2 Å². The lowest BCUT2D eigenvalue weighted by Gasteiger charge is -2.31. The summed E-state index contributed by atoms with van der Waals surface area (Å²) in [4.78, 5) is 13.8. The van der Waals surface area contributed by atoms with E-state index in [4.69, 9.17) is 5.73 Å². The van der Waals surface area contributed by atoms with Crippen molar-refractivity contribution >= 4 is 11.6 Å². The van der Waals surface area contributed by atoms with Crippen LogP contribution in [0.15, 0.2) is 48.5 Å². The molecule has 1 aliphatic rings. The molecule has 30 heavy (non-hydrogen) atoms. The second kappa shape index (κ2) is 9.96. The zero-order valence-electron chi connectivity index (χ0n) is 17.8. The first-order chi connectivity index (χ1) is 14.4. The molecule has 1 fully saturated rings. The summed E-state index contributed by atoms with van der Waals surface area (Å²) in [5, 5.41) is 23.8. The van der Waals surface area contributed by atoms with Crippen molar-refractivity contribution in [1.29, 1.82) is 0 Å². The van der Waals surface area contributed by atoms with Gasteiger partial charge in [-0.15, -0.1) is 0 Å². The van der Waals surface area contributed by atoms with Crippen molar-refractivity contribution in [1.82, 2.24) is 5.32 Å². The number of nitrogens with one attached hydrogen (secondary N) is 1. The van der Waals surface area contributed by atoms with E-state index in [2.05, 4.69) is 48.5 Å². The van der Waals surface area contributed by atoms with Gasteiger partial charge in [0, 0.05) is 31.9 Å². The van der Waals surface area contributed by atoms with Gasteiger partial charge in [0.1, 0.15) is 5.75 Å². The summed E-state index contributed by atoms with van der Waals surface area (Å²) < 4.78 is 0. The van der Waals surface area contributed by atoms with Crippen molar-refractivity contribution in [2.45, 2.75) is 38.3 Å². The van der Waals surface area contributed by atoms with Crippen LogP contribution in [0.2, 0.25) is 0 Å². The van der Waals surface area contributed by atoms with Gasteiger partial charge in [-0.25, -0.2) is 0 Å². The maximum Gasteiger partial charge on any atom is 0.252 e. The van der Waals surface area contributed by atoms with E-state index < -0.39 is 12.0 Å². The quantitative estimate of drug-likeness (QED) is 0.508. The molecule has 5 N–H and O–H groups in total. The molecule has 0 spiro atoms. The summed E-state index contributed by atoms with van der Waals surface area (Å²) in [7, 11) is 2.15. The van der Waals surface area contributed by atoms with Crippen LogP contribution in [0, 0.1) is 11.8 Å². The number of anilines is 1. The monoisotopic (exact) mass is 411 g/mol. The number of nitrogens with zero attached hydrogens (tertiary/aromatic N) is 1. The summed E-state index contributed by atoms with van der Waals surface area (Å²) >= 11 is 0. The fourth-order valence-electron chi connectivity index (χ4n) is 4.62. The minimum atomic E-state index is -0.780. The molecule has 0 radical (unpaired) electrons. The highest BCUT2D eigenvalue weighted by Crippen LogP contribution is 2.35. The number of aromatic hydroxyl groups is 1. The Bertz CT molecular complexity index is 843. The fraction of sp³-hybridized carbons (Fsp3) is 0.458. The maximum atomic E-state index is 11.4. The number of aliphatic hydroxyl groups excluding tert-OH is 1. The van der Waals surface area contributed by atoms with Gasteiger partial charge in [0.15, 0.2) is 0 Å². The highest BCUT2D eigenvalue weighted by molar-refractivity contribution is 5.95. The Morgan fingerprint density at radius 3 is 2.67 bits per heavy atom. The Labute approximate surface area is 178 Å². The Morgan fingerprint density at radius 1 is 1.23 bits per heavy atom. The highest BCUT2D eigenvalue weighted by Gasteiger charge is 2.32. The number of hydrogen-bond acceptors (Lipinski definition) is 5. The van der Waals surface area contributed by atoms with Crippen molar-refractivity contribution in [2.24, 2.45) is 17.6 Å². The molecular formula is C24H33N3O3. The van der Waals surface area contributed by atoms with Crippen LogP contribution in [0.25, 0.3) is 0 Å². The summed E-state index contributed by atoms with van der Waals surface area (Å²) in [5.41, 5.74) is 7.11. The first-order valence-corrected chi connectivity index (χ1v) is 10.7. The molecule has 0 bridgehead atoms. The molecule has 0 heterocycles. The lowest BCUT2D eigenvalue weighted by atomic mass is 9.89. The van der Waals surface area contributed by atoms with Crippen molar-refractivity contribution in [3.05, 3.63) is 59.7 Å². The number of rotatable bonds is 9.